The summed E-state index contributed by atoms with van der Waals surface area (Å²) in [7, 11) is 0. The average Bonchev–Trinajstić information content (AvgIpc) is 3.14. The van der Waals surface area contributed by atoms with Crippen LogP contribution in [0.3, 0.4) is 0 Å². The van der Waals surface area contributed by atoms with Crippen molar-refractivity contribution >= 4 is 29.5 Å². The molecule has 0 aromatic carbocycles. The lowest BCUT2D eigenvalue weighted by atomic mass is 10.0. The summed E-state index contributed by atoms with van der Waals surface area (Å²) in [5.41, 5.74) is 1.56. The van der Waals surface area contributed by atoms with Crippen molar-refractivity contribution in [2.75, 3.05) is 46.0 Å². The fourth-order valence-electron chi connectivity index (χ4n) is 6.98. The third-order valence-corrected chi connectivity index (χ3v) is 10.3. The van der Waals surface area contributed by atoms with Crippen LogP contribution in [0.4, 0.5) is 0 Å². The summed E-state index contributed by atoms with van der Waals surface area (Å²) in [6, 6.07) is 4.22. The molecule has 0 saturated carbocycles. The molecule has 12 heteroatoms. The maximum absolute atomic E-state index is 13.8. The molecule has 0 saturated heterocycles. The highest BCUT2D eigenvalue weighted by atomic mass is 16.5. The maximum atomic E-state index is 13.8. The van der Waals surface area contributed by atoms with Crippen molar-refractivity contribution in [2.45, 2.75) is 169 Å². The lowest BCUT2D eigenvalue weighted by molar-refractivity contribution is -0.151. The molecule has 1 aromatic heterocycles. The highest BCUT2D eigenvalue weighted by molar-refractivity contribution is 5.83. The van der Waals surface area contributed by atoms with Crippen molar-refractivity contribution < 1.29 is 38.2 Å². The van der Waals surface area contributed by atoms with E-state index >= 15 is 0 Å². The minimum atomic E-state index is -0.579. The molecule has 0 N–H and O–H groups in total. The summed E-state index contributed by atoms with van der Waals surface area (Å²) < 4.78 is 16.7. The van der Waals surface area contributed by atoms with Crippen LogP contribution in [0.2, 0.25) is 0 Å². The van der Waals surface area contributed by atoms with E-state index in [4.69, 9.17) is 19.2 Å². The van der Waals surface area contributed by atoms with E-state index in [2.05, 4.69) is 28.5 Å². The van der Waals surface area contributed by atoms with Gasteiger partial charge in [0.15, 0.2) is 0 Å². The number of carbonyl (C=O) groups is 5. The molecule has 3 unspecified atom stereocenters. The Bertz CT molecular complexity index is 1290. The second kappa shape index (κ2) is 28.2. The largest absolute Gasteiger partial charge is 0.466 e. The minimum Gasteiger partial charge on any atom is -0.466 e. The van der Waals surface area contributed by atoms with E-state index in [1.807, 2.05) is 32.0 Å². The molecule has 0 aliphatic carbocycles. The smallest absolute Gasteiger partial charge is 0.323 e. The molecule has 0 amide bonds. The van der Waals surface area contributed by atoms with Crippen LogP contribution in [-0.4, -0.2) is 113 Å². The van der Waals surface area contributed by atoms with Gasteiger partial charge in [-0.05, 0) is 64.5 Å². The highest BCUT2D eigenvalue weighted by Crippen LogP contribution is 2.21. The Labute approximate surface area is 331 Å². The van der Waals surface area contributed by atoms with Crippen LogP contribution in [0.1, 0.15) is 149 Å². The monoisotopic (exact) mass is 773 g/mol. The lowest BCUT2D eigenvalue weighted by Crippen LogP contribution is -2.52. The molecule has 55 heavy (non-hydrogen) atoms. The standard InChI is InChI=1S/C43H72N4O8/c1-7-11-15-16-20-40(43(52)55-31-14-10-4)47-28-26-45(38(34(5)48)21-23-41(50)53-29-12-8-2)25-27-46(32-36-18-17-19-37(33-47)44-36)39(35(6)49)22-24-42(51)54-30-13-9-3/h17-19,38-40H,7-16,20-33H2,1-6H3. The van der Waals surface area contributed by atoms with Crippen molar-refractivity contribution in [1.82, 2.24) is 19.7 Å². The van der Waals surface area contributed by atoms with Crippen LogP contribution in [0.25, 0.3) is 0 Å². The summed E-state index contributed by atoms with van der Waals surface area (Å²) in [5.74, 6) is -1.01. The number of nitrogens with zero attached hydrogens (tertiary/aromatic N) is 4. The first-order valence-corrected chi connectivity index (χ1v) is 21.2. The molecule has 1 aliphatic rings. The fourth-order valence-corrected chi connectivity index (χ4v) is 6.98. The Morgan fingerprint density at radius 3 is 1.47 bits per heavy atom. The fraction of sp³-hybridized carbons (Fsp3) is 0.767. The summed E-state index contributed by atoms with van der Waals surface area (Å²) in [6.45, 7) is 15.0. The van der Waals surface area contributed by atoms with Crippen molar-refractivity contribution in [2.24, 2.45) is 0 Å². The Hall–Kier alpha value is -3.22. The Morgan fingerprint density at radius 1 is 0.564 bits per heavy atom. The SMILES string of the molecule is CCCCCCC(C(=O)OCCCC)N1CCN(C(CCC(=O)OCCCC)C(C)=O)CCN(C(CCC(=O)OCCCC)C(C)=O)Cc2cccc(n2)C1. The predicted molar refractivity (Wildman–Crippen MR) is 214 cm³/mol. The van der Waals surface area contributed by atoms with E-state index in [1.165, 1.54) is 0 Å². The van der Waals surface area contributed by atoms with Gasteiger partial charge in [0.25, 0.3) is 0 Å². The van der Waals surface area contributed by atoms with Crippen LogP contribution >= 0.6 is 0 Å². The Morgan fingerprint density at radius 2 is 1.00 bits per heavy atom. The second-order valence-corrected chi connectivity index (χ2v) is 15.0. The number of hydrogen-bond acceptors (Lipinski definition) is 12. The van der Waals surface area contributed by atoms with Crippen molar-refractivity contribution in [1.29, 1.82) is 0 Å². The first-order chi connectivity index (χ1) is 26.5. The van der Waals surface area contributed by atoms with E-state index in [-0.39, 0.29) is 42.3 Å². The topological polar surface area (TPSA) is 136 Å². The van der Waals surface area contributed by atoms with E-state index in [0.717, 1.165) is 75.6 Å². The zero-order valence-electron chi connectivity index (χ0n) is 35.0. The number of ether oxygens (including phenoxy) is 3. The molecule has 12 nitrogen and oxygen atoms in total. The van der Waals surface area contributed by atoms with Gasteiger partial charge >= 0.3 is 17.9 Å². The number of carbonyl (C=O) groups excluding carboxylic acids is 5. The average molecular weight is 773 g/mol. The normalized spacial score (nSPS) is 16.3. The van der Waals surface area contributed by atoms with Gasteiger partial charge in [0.1, 0.15) is 17.6 Å². The molecule has 1 aromatic rings. The number of rotatable bonds is 26. The summed E-state index contributed by atoms with van der Waals surface area (Å²) in [6.07, 6.45) is 10.7. The van der Waals surface area contributed by atoms with Gasteiger partial charge in [-0.25, -0.2) is 0 Å². The molecule has 3 atom stereocenters. The van der Waals surface area contributed by atoms with Gasteiger partial charge in [-0.15, -0.1) is 0 Å². The zero-order chi connectivity index (χ0) is 40.4. The molecule has 312 valence electrons. The number of Topliss-reactive ketones (excluding diaryl/α,β-unsaturated/α-hetero) is 2. The minimum absolute atomic E-state index is 0.0622. The van der Waals surface area contributed by atoms with Gasteiger partial charge < -0.3 is 14.2 Å². The van der Waals surface area contributed by atoms with Gasteiger partial charge in [-0.3, -0.25) is 43.7 Å². The molecule has 0 fully saturated rings. The number of unbranched alkanes of at least 4 members (excludes halogenated alkanes) is 6. The first kappa shape index (κ1) is 47.9. The van der Waals surface area contributed by atoms with Crippen LogP contribution in [-0.2, 0) is 51.3 Å². The number of ketones is 2. The van der Waals surface area contributed by atoms with Crippen LogP contribution in [0, 0.1) is 0 Å². The van der Waals surface area contributed by atoms with Gasteiger partial charge in [-0.2, -0.15) is 0 Å². The lowest BCUT2D eigenvalue weighted by Gasteiger charge is -2.38. The number of fused-ring (bicyclic) bond motifs is 2. The van der Waals surface area contributed by atoms with Crippen molar-refractivity contribution in [3.8, 4) is 0 Å². The maximum Gasteiger partial charge on any atom is 0.323 e. The second-order valence-electron chi connectivity index (χ2n) is 15.0. The number of hydrogen-bond donors (Lipinski definition) is 0. The quantitative estimate of drug-likeness (QED) is 0.0554. The molecule has 2 bridgehead atoms. The zero-order valence-corrected chi connectivity index (χ0v) is 35.0. The Balaban J connectivity index is 2.53. The first-order valence-electron chi connectivity index (χ1n) is 21.2. The molecule has 0 spiro atoms. The molecule has 1 aliphatic heterocycles. The summed E-state index contributed by atoms with van der Waals surface area (Å²) >= 11 is 0. The van der Waals surface area contributed by atoms with E-state index in [0.29, 0.717) is 78.4 Å². The molecule has 0 radical (unpaired) electrons. The van der Waals surface area contributed by atoms with Gasteiger partial charge in [0.05, 0.1) is 43.3 Å². The number of pyridine rings is 1. The third-order valence-electron chi connectivity index (χ3n) is 10.3. The summed E-state index contributed by atoms with van der Waals surface area (Å²) in [4.78, 5) is 77.1. The van der Waals surface area contributed by atoms with E-state index < -0.39 is 18.1 Å². The van der Waals surface area contributed by atoms with Crippen LogP contribution in [0.5, 0.6) is 0 Å². The van der Waals surface area contributed by atoms with Gasteiger partial charge in [0, 0.05) is 52.1 Å². The molecule has 2 heterocycles. The van der Waals surface area contributed by atoms with E-state index in [1.54, 1.807) is 13.8 Å². The van der Waals surface area contributed by atoms with Crippen LogP contribution in [0.15, 0.2) is 18.2 Å². The number of esters is 3. The molecular formula is C43H72N4O8. The third kappa shape index (κ3) is 19.0. The van der Waals surface area contributed by atoms with Crippen molar-refractivity contribution in [3.05, 3.63) is 29.6 Å². The van der Waals surface area contributed by atoms with Crippen molar-refractivity contribution in [3.63, 3.8) is 0 Å². The number of aromatic nitrogens is 1. The van der Waals surface area contributed by atoms with Gasteiger partial charge in [0.2, 0.25) is 0 Å². The van der Waals surface area contributed by atoms with Crippen LogP contribution < -0.4 is 0 Å². The summed E-state index contributed by atoms with van der Waals surface area (Å²) in [5, 5.41) is 0. The van der Waals surface area contributed by atoms with Gasteiger partial charge in [-0.1, -0.05) is 78.7 Å². The predicted octanol–water partition coefficient (Wildman–Crippen LogP) is 6.85. The molecular weight excluding hydrogens is 700 g/mol. The van der Waals surface area contributed by atoms with E-state index in [9.17, 15) is 24.0 Å². The Kier molecular flexibility index (Phi) is 24.6. The highest BCUT2D eigenvalue weighted by Gasteiger charge is 2.32. The molecule has 2 rings (SSSR count).